The lowest BCUT2D eigenvalue weighted by Gasteiger charge is -2.32. The van der Waals surface area contributed by atoms with E-state index in [2.05, 4.69) is 5.32 Å². The molecule has 1 aliphatic carbocycles. The standard InChI is InChI=1S/C26H35F3O6.C12H21N3O5S3/c1-17(2)35-25(33)11-6-4-3-5-10-21-22(24(32)15-23(21)31)13-12-19(30)16-34-20-9-7-8-18(14-20)26(27,28)29;1-3-14-10-8-15(5-4-6-20-2)23(18,19)12-9(10)7-11(21-12)22(13,16)17/h3,5,7-9,12-14,17,19,21-24,30-32H,4,6,10-11,15-16H2,1-2H3;7,10,14H,3-6,8H2,1-2H3,(H2,13,16,17)/b5-3-,13-12+;/t19-,21-,22-,23+,24-;10-/m10/s1. The van der Waals surface area contributed by atoms with E-state index >= 15 is 0 Å². The first-order valence-corrected chi connectivity index (χ1v) is 22.7. The van der Waals surface area contributed by atoms with E-state index < -0.39 is 50.1 Å². The van der Waals surface area contributed by atoms with Gasteiger partial charge in [0.25, 0.3) is 10.0 Å². The van der Waals surface area contributed by atoms with Crippen molar-refractivity contribution in [3.05, 3.63) is 65.8 Å². The van der Waals surface area contributed by atoms with Gasteiger partial charge in [-0.15, -0.1) is 11.3 Å². The fourth-order valence-electron chi connectivity index (χ4n) is 6.50. The number of nitrogens with one attached hydrogen (secondary N) is 1. The summed E-state index contributed by atoms with van der Waals surface area (Å²) in [5.41, 5.74) is -0.363. The Morgan fingerprint density at radius 1 is 1.16 bits per heavy atom. The van der Waals surface area contributed by atoms with Crippen LogP contribution in [0.3, 0.4) is 0 Å². The summed E-state index contributed by atoms with van der Waals surface area (Å²) in [6.45, 7) is 6.92. The van der Waals surface area contributed by atoms with Crippen LogP contribution in [0.15, 0.2) is 63.1 Å². The topological polar surface area (TPSA) is 215 Å². The molecule has 20 heteroatoms. The van der Waals surface area contributed by atoms with Crippen molar-refractivity contribution in [3.8, 4) is 5.75 Å². The van der Waals surface area contributed by atoms with Gasteiger partial charge in [0.15, 0.2) is 0 Å². The number of nitrogens with two attached hydrogens (primary N) is 1. The molecule has 0 radical (unpaired) electrons. The van der Waals surface area contributed by atoms with Gasteiger partial charge in [-0.05, 0) is 76.3 Å². The van der Waals surface area contributed by atoms with E-state index in [0.29, 0.717) is 68.7 Å². The first-order chi connectivity index (χ1) is 27.2. The molecule has 1 aliphatic heterocycles. The van der Waals surface area contributed by atoms with Crippen LogP contribution in [0.1, 0.15) is 76.5 Å². The molecule has 0 bridgehead atoms. The number of rotatable bonds is 19. The maximum atomic E-state index is 12.8. The molecule has 6 atom stereocenters. The molecule has 1 fully saturated rings. The second-order valence-corrected chi connectivity index (χ2v) is 19.2. The summed E-state index contributed by atoms with van der Waals surface area (Å²) in [6, 6.07) is 5.51. The predicted molar refractivity (Wildman–Crippen MR) is 212 cm³/mol. The zero-order valence-corrected chi connectivity index (χ0v) is 35.5. The molecule has 1 aromatic carbocycles. The Balaban J connectivity index is 0.000000338. The van der Waals surface area contributed by atoms with E-state index in [1.54, 1.807) is 27.0 Å². The quantitative estimate of drug-likeness (QED) is 0.0749. The van der Waals surface area contributed by atoms with Crippen LogP contribution in [0.4, 0.5) is 13.2 Å². The number of nitrogens with zero attached hydrogens (tertiary/aromatic N) is 1. The van der Waals surface area contributed by atoms with Gasteiger partial charge in [-0.1, -0.05) is 37.3 Å². The van der Waals surface area contributed by atoms with Crippen molar-refractivity contribution >= 4 is 37.4 Å². The smallest absolute Gasteiger partial charge is 0.416 e. The number of aliphatic hydroxyl groups is 3. The van der Waals surface area contributed by atoms with Gasteiger partial charge in [-0.3, -0.25) is 4.79 Å². The number of unbranched alkanes of at least 4 members (excludes halogenated alkanes) is 1. The number of halogens is 3. The van der Waals surface area contributed by atoms with Crippen molar-refractivity contribution in [2.75, 3.05) is 40.0 Å². The Morgan fingerprint density at radius 2 is 1.88 bits per heavy atom. The number of hydrogen-bond donors (Lipinski definition) is 5. The largest absolute Gasteiger partial charge is 0.491 e. The monoisotopic (exact) mass is 883 g/mol. The molecule has 1 saturated carbocycles. The molecule has 58 heavy (non-hydrogen) atoms. The summed E-state index contributed by atoms with van der Waals surface area (Å²) in [5.74, 6) is -0.883. The van der Waals surface area contributed by atoms with Gasteiger partial charge in [-0.25, -0.2) is 22.0 Å². The zero-order valence-electron chi connectivity index (χ0n) is 33.0. The summed E-state index contributed by atoms with van der Waals surface area (Å²) < 4.78 is 104. The minimum Gasteiger partial charge on any atom is -0.491 e. The molecular formula is C38H56F3N3O11S3. The maximum absolute atomic E-state index is 12.8. The van der Waals surface area contributed by atoms with Gasteiger partial charge < -0.3 is 34.8 Å². The molecule has 0 unspecified atom stereocenters. The van der Waals surface area contributed by atoms with Crippen molar-refractivity contribution in [1.82, 2.24) is 9.62 Å². The second kappa shape index (κ2) is 22.6. The summed E-state index contributed by atoms with van der Waals surface area (Å²) >= 11 is 0.708. The molecule has 0 spiro atoms. The first kappa shape index (κ1) is 49.4. The van der Waals surface area contributed by atoms with Crippen molar-refractivity contribution in [3.63, 3.8) is 0 Å². The Bertz CT molecular complexity index is 1890. The number of carbonyl (C=O) groups excluding carboxylic acids is 1. The number of thiophene rings is 1. The number of methoxy groups -OCH3 is 1. The number of hydrogen-bond acceptors (Lipinski definition) is 13. The Hall–Kier alpha value is -2.92. The first-order valence-electron chi connectivity index (χ1n) is 18.9. The number of fused-ring (bicyclic) bond motifs is 1. The van der Waals surface area contributed by atoms with Gasteiger partial charge in [0, 0.05) is 57.2 Å². The summed E-state index contributed by atoms with van der Waals surface area (Å²) in [6.07, 6.45) is 2.66. The lowest BCUT2D eigenvalue weighted by Crippen LogP contribution is -2.43. The van der Waals surface area contributed by atoms with Crippen molar-refractivity contribution in [1.29, 1.82) is 0 Å². The fourth-order valence-corrected chi connectivity index (χ4v) is 10.8. The number of likely N-dealkylation sites (N-methyl/N-ethyl adjacent to an activating group) is 1. The highest BCUT2D eigenvalue weighted by Crippen LogP contribution is 2.40. The Labute approximate surface area is 343 Å². The number of ether oxygens (including phenoxy) is 3. The van der Waals surface area contributed by atoms with Crippen molar-refractivity contribution < 1.29 is 64.3 Å². The number of sulfonamides is 2. The van der Waals surface area contributed by atoms with Crippen LogP contribution in [0.25, 0.3) is 0 Å². The second-order valence-electron chi connectivity index (χ2n) is 14.2. The van der Waals surface area contributed by atoms with E-state index in [9.17, 15) is 50.1 Å². The van der Waals surface area contributed by atoms with E-state index in [0.717, 1.165) is 12.1 Å². The van der Waals surface area contributed by atoms with Gasteiger partial charge in [0.05, 0.1) is 23.9 Å². The summed E-state index contributed by atoms with van der Waals surface area (Å²) in [7, 11) is -6.10. The third kappa shape index (κ3) is 15.0. The summed E-state index contributed by atoms with van der Waals surface area (Å²) in [5, 5.41) is 39.2. The Morgan fingerprint density at radius 3 is 2.52 bits per heavy atom. The SMILES string of the molecule is CC(C)OC(=O)CCC/C=C\C[C@@H]1[C@@H](/C=C/[C@@H](O)COc2cccc(C(F)(F)F)c2)[C@H](O)C[C@@H]1O.CCN[C@H]1CN(CCCOC)S(=O)(=O)c2sc(S(N)(=O)=O)cc21. The molecule has 1 aromatic heterocycles. The van der Waals surface area contributed by atoms with Crippen LogP contribution in [0, 0.1) is 11.8 Å². The minimum atomic E-state index is -4.49. The average molecular weight is 884 g/mol. The molecular weight excluding hydrogens is 828 g/mol. The van der Waals surface area contributed by atoms with Crippen LogP contribution in [-0.4, -0.2) is 107 Å². The maximum Gasteiger partial charge on any atom is 0.416 e. The normalized spacial score (nSPS) is 22.9. The lowest BCUT2D eigenvalue weighted by molar-refractivity contribution is -0.147. The zero-order chi connectivity index (χ0) is 43.3. The fraction of sp³-hybridized carbons (Fsp3) is 0.605. The van der Waals surface area contributed by atoms with E-state index in [-0.39, 0.29) is 63.7 Å². The van der Waals surface area contributed by atoms with Gasteiger partial charge in [-0.2, -0.15) is 17.5 Å². The van der Waals surface area contributed by atoms with Crippen LogP contribution in [0.2, 0.25) is 0 Å². The molecule has 2 aromatic rings. The van der Waals surface area contributed by atoms with Gasteiger partial charge in [0.2, 0.25) is 10.0 Å². The molecule has 2 heterocycles. The van der Waals surface area contributed by atoms with E-state index in [1.807, 2.05) is 19.1 Å². The lowest BCUT2D eigenvalue weighted by atomic mass is 9.89. The van der Waals surface area contributed by atoms with Gasteiger partial charge >= 0.3 is 12.1 Å². The van der Waals surface area contributed by atoms with Gasteiger partial charge in [0.1, 0.15) is 26.9 Å². The third-order valence-electron chi connectivity index (χ3n) is 9.27. The number of alkyl halides is 3. The molecule has 2 aliphatic rings. The molecule has 6 N–H and O–H groups in total. The predicted octanol–water partition coefficient (Wildman–Crippen LogP) is 4.51. The number of benzene rings is 1. The highest BCUT2D eigenvalue weighted by Gasteiger charge is 2.40. The van der Waals surface area contributed by atoms with Crippen LogP contribution < -0.4 is 15.2 Å². The van der Waals surface area contributed by atoms with Crippen molar-refractivity contribution in [2.24, 2.45) is 17.0 Å². The third-order valence-corrected chi connectivity index (χ3v) is 14.2. The number of primary sulfonamides is 1. The number of carbonyl (C=O) groups is 1. The highest BCUT2D eigenvalue weighted by atomic mass is 32.3. The molecule has 0 saturated heterocycles. The molecule has 4 rings (SSSR count). The van der Waals surface area contributed by atoms with Crippen LogP contribution in [0.5, 0.6) is 5.75 Å². The van der Waals surface area contributed by atoms with E-state index in [4.69, 9.17) is 19.3 Å². The van der Waals surface area contributed by atoms with Crippen LogP contribution >= 0.6 is 11.3 Å². The van der Waals surface area contributed by atoms with E-state index in [1.165, 1.54) is 28.6 Å². The summed E-state index contributed by atoms with van der Waals surface area (Å²) in [4.78, 5) is 11.5. The Kier molecular flexibility index (Phi) is 19.3. The number of esters is 1. The van der Waals surface area contributed by atoms with Crippen molar-refractivity contribution in [2.45, 2.75) is 104 Å². The molecule has 328 valence electrons. The number of aliphatic hydroxyl groups excluding tert-OH is 3. The average Bonchev–Trinajstić information content (AvgIpc) is 3.72. The highest BCUT2D eigenvalue weighted by molar-refractivity contribution is 7.94. The number of allylic oxidation sites excluding steroid dienone is 2. The molecule has 0 amide bonds. The van der Waals surface area contributed by atoms with Crippen LogP contribution in [-0.2, 0) is 40.5 Å². The minimum absolute atomic E-state index is 0.0101. The molecule has 14 nitrogen and oxygen atoms in total.